The van der Waals surface area contributed by atoms with Crippen LogP contribution in [-0.2, 0) is 13.0 Å². The summed E-state index contributed by atoms with van der Waals surface area (Å²) in [5, 5.41) is 20.2. The maximum absolute atomic E-state index is 11.4. The number of nitrogens with zero attached hydrogens (tertiary/aromatic N) is 1. The van der Waals surface area contributed by atoms with Gasteiger partial charge in [-0.15, -0.1) is 0 Å². The van der Waals surface area contributed by atoms with Crippen molar-refractivity contribution in [2.24, 2.45) is 0 Å². The normalized spacial score (nSPS) is 14.1. The van der Waals surface area contributed by atoms with E-state index in [4.69, 9.17) is 9.84 Å². The smallest absolute Gasteiger partial charge is 0.238 e. The lowest BCUT2D eigenvalue weighted by molar-refractivity contribution is -0.623. The van der Waals surface area contributed by atoms with Gasteiger partial charge >= 0.3 is 0 Å². The molecule has 2 heterocycles. The van der Waals surface area contributed by atoms with E-state index in [0.29, 0.717) is 30.2 Å². The number of ether oxygens (including phenoxy) is 1. The SMILES string of the molecule is [O-][n+]1c(CO)ccc2c1CCO2. The number of hydrogen-bond donors (Lipinski definition) is 1. The van der Waals surface area contributed by atoms with Crippen molar-refractivity contribution in [1.82, 2.24) is 0 Å². The highest BCUT2D eigenvalue weighted by Gasteiger charge is 2.22. The van der Waals surface area contributed by atoms with Crippen molar-refractivity contribution in [3.05, 3.63) is 28.7 Å². The minimum atomic E-state index is -0.225. The van der Waals surface area contributed by atoms with Crippen molar-refractivity contribution < 1.29 is 14.6 Å². The summed E-state index contributed by atoms with van der Waals surface area (Å²) >= 11 is 0. The molecule has 0 saturated carbocycles. The van der Waals surface area contributed by atoms with Crippen molar-refractivity contribution in [3.63, 3.8) is 0 Å². The average molecular weight is 167 g/mol. The molecule has 0 atom stereocenters. The molecule has 1 aromatic rings. The first-order valence-electron chi connectivity index (χ1n) is 3.81. The number of fused-ring (bicyclic) bond motifs is 1. The van der Waals surface area contributed by atoms with Crippen molar-refractivity contribution in [1.29, 1.82) is 0 Å². The van der Waals surface area contributed by atoms with E-state index in [0.717, 1.165) is 4.73 Å². The summed E-state index contributed by atoms with van der Waals surface area (Å²) in [4.78, 5) is 0. The molecule has 0 bridgehead atoms. The first-order valence-corrected chi connectivity index (χ1v) is 3.81. The second-order valence-electron chi connectivity index (χ2n) is 2.69. The number of hydrogen-bond acceptors (Lipinski definition) is 3. The predicted octanol–water partition coefficient (Wildman–Crippen LogP) is -0.253. The van der Waals surface area contributed by atoms with E-state index in [1.807, 2.05) is 0 Å². The van der Waals surface area contributed by atoms with Gasteiger partial charge in [0, 0.05) is 6.07 Å². The Morgan fingerprint density at radius 2 is 2.42 bits per heavy atom. The quantitative estimate of drug-likeness (QED) is 0.463. The molecule has 0 saturated heterocycles. The molecule has 1 aromatic heterocycles. The van der Waals surface area contributed by atoms with Crippen LogP contribution in [0.5, 0.6) is 5.75 Å². The van der Waals surface area contributed by atoms with Crippen molar-refractivity contribution in [2.45, 2.75) is 13.0 Å². The molecule has 2 rings (SSSR count). The highest BCUT2D eigenvalue weighted by atomic mass is 16.5. The summed E-state index contributed by atoms with van der Waals surface area (Å²) in [5.41, 5.74) is 1.00. The Hall–Kier alpha value is -1.29. The van der Waals surface area contributed by atoms with E-state index in [1.54, 1.807) is 12.1 Å². The minimum Gasteiger partial charge on any atom is -0.618 e. The lowest BCUT2D eigenvalue weighted by Crippen LogP contribution is -2.35. The maximum atomic E-state index is 11.4. The van der Waals surface area contributed by atoms with Crippen LogP contribution in [0.1, 0.15) is 11.4 Å². The van der Waals surface area contributed by atoms with Crippen LogP contribution in [0.25, 0.3) is 0 Å². The molecule has 1 aliphatic rings. The summed E-state index contributed by atoms with van der Waals surface area (Å²) < 4.78 is 5.93. The van der Waals surface area contributed by atoms with E-state index in [-0.39, 0.29) is 6.61 Å². The Labute approximate surface area is 69.6 Å². The van der Waals surface area contributed by atoms with Crippen LogP contribution >= 0.6 is 0 Å². The van der Waals surface area contributed by atoms with Gasteiger partial charge in [-0.3, -0.25) is 0 Å². The van der Waals surface area contributed by atoms with E-state index < -0.39 is 0 Å². The first-order chi connectivity index (χ1) is 5.83. The van der Waals surface area contributed by atoms with Crippen LogP contribution < -0.4 is 9.47 Å². The molecule has 1 N–H and O–H groups in total. The molecule has 1 aliphatic heterocycles. The Balaban J connectivity index is 2.54. The second kappa shape index (κ2) is 2.64. The van der Waals surface area contributed by atoms with Gasteiger partial charge in [0.2, 0.25) is 11.4 Å². The molecule has 0 radical (unpaired) electrons. The summed E-state index contributed by atoms with van der Waals surface area (Å²) in [6, 6.07) is 3.30. The first kappa shape index (κ1) is 7.36. The molecule has 0 unspecified atom stereocenters. The Morgan fingerprint density at radius 1 is 1.58 bits per heavy atom. The molecule has 4 heteroatoms. The van der Waals surface area contributed by atoms with Gasteiger partial charge in [0.15, 0.2) is 5.75 Å². The third-order valence-corrected chi connectivity index (χ3v) is 1.98. The molecule has 64 valence electrons. The summed E-state index contributed by atoms with van der Waals surface area (Å²) in [5.74, 6) is 0.641. The van der Waals surface area contributed by atoms with Gasteiger partial charge in [-0.25, -0.2) is 0 Å². The van der Waals surface area contributed by atoms with Gasteiger partial charge in [-0.1, -0.05) is 0 Å². The minimum absolute atomic E-state index is 0.225. The fourth-order valence-corrected chi connectivity index (χ4v) is 1.34. The highest BCUT2D eigenvalue weighted by Crippen LogP contribution is 2.21. The van der Waals surface area contributed by atoms with Gasteiger partial charge in [-0.2, -0.15) is 4.73 Å². The fraction of sp³-hybridized carbons (Fsp3) is 0.375. The van der Waals surface area contributed by atoms with Crippen LogP contribution in [0.15, 0.2) is 12.1 Å². The Kier molecular flexibility index (Phi) is 1.62. The van der Waals surface area contributed by atoms with Gasteiger partial charge in [-0.05, 0) is 6.07 Å². The van der Waals surface area contributed by atoms with Crippen LogP contribution in [-0.4, -0.2) is 11.7 Å². The summed E-state index contributed by atoms with van der Waals surface area (Å²) in [6.45, 7) is 0.337. The van der Waals surface area contributed by atoms with Crippen LogP contribution in [0.4, 0.5) is 0 Å². The molecule has 12 heavy (non-hydrogen) atoms. The van der Waals surface area contributed by atoms with Crippen LogP contribution in [0, 0.1) is 5.21 Å². The lowest BCUT2D eigenvalue weighted by Gasteiger charge is -2.04. The number of aliphatic hydroxyl groups is 1. The van der Waals surface area contributed by atoms with E-state index in [2.05, 4.69) is 0 Å². The third kappa shape index (κ3) is 0.921. The Bertz CT molecular complexity index is 311. The molecule has 0 amide bonds. The largest absolute Gasteiger partial charge is 0.618 e. The van der Waals surface area contributed by atoms with Gasteiger partial charge in [0.05, 0.1) is 13.0 Å². The lowest BCUT2D eigenvalue weighted by atomic mass is 10.2. The average Bonchev–Trinajstić information content (AvgIpc) is 2.53. The van der Waals surface area contributed by atoms with Gasteiger partial charge in [0.25, 0.3) is 0 Å². The number of aromatic nitrogens is 1. The standard InChI is InChI=1S/C8H9NO3/c10-5-6-1-2-8-7(9(6)11)3-4-12-8/h1-2,10H,3-5H2. The van der Waals surface area contributed by atoms with E-state index >= 15 is 0 Å². The highest BCUT2D eigenvalue weighted by molar-refractivity contribution is 5.28. The Morgan fingerprint density at radius 3 is 3.17 bits per heavy atom. The topological polar surface area (TPSA) is 56.4 Å². The number of pyridine rings is 1. The van der Waals surface area contributed by atoms with Crippen molar-refractivity contribution in [2.75, 3.05) is 6.61 Å². The zero-order chi connectivity index (χ0) is 8.55. The van der Waals surface area contributed by atoms with Gasteiger partial charge < -0.3 is 15.1 Å². The maximum Gasteiger partial charge on any atom is 0.238 e. The molecule has 0 aromatic carbocycles. The molecule has 0 fully saturated rings. The predicted molar refractivity (Wildman–Crippen MR) is 40.5 cm³/mol. The molecule has 0 spiro atoms. The fourth-order valence-electron chi connectivity index (χ4n) is 1.34. The summed E-state index contributed by atoms with van der Waals surface area (Å²) in [7, 11) is 0. The molecule has 0 aliphatic carbocycles. The van der Waals surface area contributed by atoms with E-state index in [9.17, 15) is 5.21 Å². The zero-order valence-corrected chi connectivity index (χ0v) is 6.49. The molecule has 4 nitrogen and oxygen atoms in total. The zero-order valence-electron chi connectivity index (χ0n) is 6.49. The third-order valence-electron chi connectivity index (χ3n) is 1.98. The second-order valence-corrected chi connectivity index (χ2v) is 2.69. The number of aliphatic hydroxyl groups excluding tert-OH is 1. The molecular formula is C8H9NO3. The number of rotatable bonds is 1. The van der Waals surface area contributed by atoms with E-state index in [1.165, 1.54) is 0 Å². The summed E-state index contributed by atoms with van der Waals surface area (Å²) in [6.07, 6.45) is 0.632. The van der Waals surface area contributed by atoms with Crippen molar-refractivity contribution in [3.8, 4) is 5.75 Å². The van der Waals surface area contributed by atoms with Gasteiger partial charge in [0.1, 0.15) is 6.61 Å². The van der Waals surface area contributed by atoms with Crippen LogP contribution in [0.2, 0.25) is 0 Å². The van der Waals surface area contributed by atoms with Crippen LogP contribution in [0.3, 0.4) is 0 Å². The monoisotopic (exact) mass is 167 g/mol. The molecular weight excluding hydrogens is 158 g/mol. The van der Waals surface area contributed by atoms with Crippen molar-refractivity contribution >= 4 is 0 Å².